The molecule has 7 heteroatoms. The number of aryl methyl sites for hydroxylation is 1. The SMILES string of the molecule is CNC(CC1CCCN(S(C)(=O)=O)C1)c1cnc(C)cn1. The monoisotopic (exact) mass is 312 g/mol. The molecule has 1 fully saturated rings. The molecule has 0 aromatic carbocycles. The summed E-state index contributed by atoms with van der Waals surface area (Å²) < 4.78 is 25.0. The van der Waals surface area contributed by atoms with E-state index in [1.165, 1.54) is 6.26 Å². The van der Waals surface area contributed by atoms with Gasteiger partial charge in [-0.2, -0.15) is 0 Å². The molecule has 1 saturated heterocycles. The smallest absolute Gasteiger partial charge is 0.211 e. The molecule has 0 amide bonds. The summed E-state index contributed by atoms with van der Waals surface area (Å²) in [5.41, 5.74) is 1.81. The molecule has 6 nitrogen and oxygen atoms in total. The van der Waals surface area contributed by atoms with Crippen LogP contribution in [0.25, 0.3) is 0 Å². The first-order chi connectivity index (χ1) is 9.90. The Balaban J connectivity index is 2.03. The number of aromatic nitrogens is 2. The Labute approximate surface area is 127 Å². The van der Waals surface area contributed by atoms with E-state index in [4.69, 9.17) is 0 Å². The zero-order valence-electron chi connectivity index (χ0n) is 12.9. The average molecular weight is 312 g/mol. The van der Waals surface area contributed by atoms with E-state index in [-0.39, 0.29) is 6.04 Å². The number of hydrogen-bond acceptors (Lipinski definition) is 5. The number of nitrogens with one attached hydrogen (secondary N) is 1. The van der Waals surface area contributed by atoms with Gasteiger partial charge in [-0.05, 0) is 39.2 Å². The molecule has 2 rings (SSSR count). The molecule has 2 unspecified atom stereocenters. The van der Waals surface area contributed by atoms with E-state index in [1.807, 2.05) is 14.0 Å². The summed E-state index contributed by atoms with van der Waals surface area (Å²) in [6, 6.07) is 0.114. The van der Waals surface area contributed by atoms with E-state index in [9.17, 15) is 8.42 Å². The Morgan fingerprint density at radius 1 is 1.43 bits per heavy atom. The third-order valence-corrected chi connectivity index (χ3v) is 5.30. The van der Waals surface area contributed by atoms with E-state index in [1.54, 1.807) is 16.7 Å². The lowest BCUT2D eigenvalue weighted by molar-refractivity contribution is 0.239. The highest BCUT2D eigenvalue weighted by Crippen LogP contribution is 2.27. The van der Waals surface area contributed by atoms with Gasteiger partial charge in [-0.15, -0.1) is 0 Å². The summed E-state index contributed by atoms with van der Waals surface area (Å²) in [4.78, 5) is 8.71. The van der Waals surface area contributed by atoms with Crippen molar-refractivity contribution in [2.45, 2.75) is 32.2 Å². The van der Waals surface area contributed by atoms with Crippen molar-refractivity contribution in [3.05, 3.63) is 23.8 Å². The van der Waals surface area contributed by atoms with Crippen molar-refractivity contribution in [1.82, 2.24) is 19.6 Å². The van der Waals surface area contributed by atoms with E-state index in [0.717, 1.165) is 30.7 Å². The van der Waals surface area contributed by atoms with Crippen LogP contribution < -0.4 is 5.32 Å². The molecule has 0 radical (unpaired) electrons. The molecule has 0 aliphatic carbocycles. The first kappa shape index (κ1) is 16.3. The highest BCUT2D eigenvalue weighted by atomic mass is 32.2. The van der Waals surface area contributed by atoms with Crippen LogP contribution in [0.4, 0.5) is 0 Å². The fraction of sp³-hybridized carbons (Fsp3) is 0.714. The van der Waals surface area contributed by atoms with E-state index < -0.39 is 10.0 Å². The molecule has 1 aliphatic heterocycles. The number of sulfonamides is 1. The zero-order valence-corrected chi connectivity index (χ0v) is 13.7. The van der Waals surface area contributed by atoms with E-state index >= 15 is 0 Å². The predicted molar refractivity (Wildman–Crippen MR) is 82.3 cm³/mol. The van der Waals surface area contributed by atoms with Crippen LogP contribution in [-0.4, -0.2) is 49.1 Å². The molecular weight excluding hydrogens is 288 g/mol. The molecule has 2 heterocycles. The van der Waals surface area contributed by atoms with Gasteiger partial charge in [-0.25, -0.2) is 12.7 Å². The second kappa shape index (κ2) is 6.81. The van der Waals surface area contributed by atoms with Gasteiger partial charge in [0.25, 0.3) is 0 Å². The van der Waals surface area contributed by atoms with Gasteiger partial charge in [0.15, 0.2) is 0 Å². The van der Waals surface area contributed by atoms with Crippen molar-refractivity contribution in [3.63, 3.8) is 0 Å². The molecule has 21 heavy (non-hydrogen) atoms. The Kier molecular flexibility index (Phi) is 5.29. The number of rotatable bonds is 5. The van der Waals surface area contributed by atoms with Crippen LogP contribution in [0.15, 0.2) is 12.4 Å². The van der Waals surface area contributed by atoms with Crippen molar-refractivity contribution >= 4 is 10.0 Å². The Morgan fingerprint density at radius 3 is 2.76 bits per heavy atom. The Hall–Kier alpha value is -1.05. The van der Waals surface area contributed by atoms with Gasteiger partial charge >= 0.3 is 0 Å². The van der Waals surface area contributed by atoms with Crippen LogP contribution in [0.1, 0.15) is 36.7 Å². The number of piperidine rings is 1. The van der Waals surface area contributed by atoms with Gasteiger partial charge in [0.05, 0.1) is 29.9 Å². The van der Waals surface area contributed by atoms with Crippen LogP contribution in [-0.2, 0) is 10.0 Å². The summed E-state index contributed by atoms with van der Waals surface area (Å²) in [6.45, 7) is 3.16. The van der Waals surface area contributed by atoms with Crippen molar-refractivity contribution in [1.29, 1.82) is 0 Å². The molecule has 118 valence electrons. The maximum atomic E-state index is 11.7. The molecule has 0 saturated carbocycles. The van der Waals surface area contributed by atoms with Gasteiger partial charge in [-0.3, -0.25) is 9.97 Å². The topological polar surface area (TPSA) is 75.2 Å². The summed E-state index contributed by atoms with van der Waals surface area (Å²) >= 11 is 0. The fourth-order valence-corrected chi connectivity index (χ4v) is 3.77. The van der Waals surface area contributed by atoms with Gasteiger partial charge in [0.1, 0.15) is 0 Å². The minimum atomic E-state index is -3.09. The zero-order chi connectivity index (χ0) is 15.5. The lowest BCUT2D eigenvalue weighted by Crippen LogP contribution is -2.40. The first-order valence-corrected chi connectivity index (χ1v) is 9.16. The highest BCUT2D eigenvalue weighted by molar-refractivity contribution is 7.88. The molecule has 1 aliphatic rings. The van der Waals surface area contributed by atoms with Crippen LogP contribution in [0, 0.1) is 12.8 Å². The summed E-state index contributed by atoms with van der Waals surface area (Å²) in [5.74, 6) is 0.356. The van der Waals surface area contributed by atoms with E-state index in [2.05, 4.69) is 15.3 Å². The second-order valence-electron chi connectivity index (χ2n) is 5.79. The molecule has 1 N–H and O–H groups in total. The van der Waals surface area contributed by atoms with Crippen LogP contribution >= 0.6 is 0 Å². The quantitative estimate of drug-likeness (QED) is 0.881. The van der Waals surface area contributed by atoms with E-state index in [0.29, 0.717) is 19.0 Å². The molecule has 2 atom stereocenters. The molecule has 0 spiro atoms. The normalized spacial score (nSPS) is 22.1. The molecule has 1 aromatic rings. The molecular formula is C14H24N4O2S. The summed E-state index contributed by atoms with van der Waals surface area (Å²) in [7, 11) is -1.18. The fourth-order valence-electron chi connectivity index (χ4n) is 2.82. The number of nitrogens with zero attached hydrogens (tertiary/aromatic N) is 3. The maximum Gasteiger partial charge on any atom is 0.211 e. The predicted octanol–water partition coefficient (Wildman–Crippen LogP) is 1.11. The third-order valence-electron chi connectivity index (χ3n) is 4.03. The largest absolute Gasteiger partial charge is 0.312 e. The van der Waals surface area contributed by atoms with Gasteiger partial charge in [-0.1, -0.05) is 0 Å². The highest BCUT2D eigenvalue weighted by Gasteiger charge is 2.28. The Bertz CT molecular complexity index is 559. The molecule has 1 aromatic heterocycles. The minimum absolute atomic E-state index is 0.114. The minimum Gasteiger partial charge on any atom is -0.312 e. The number of hydrogen-bond donors (Lipinski definition) is 1. The van der Waals surface area contributed by atoms with Crippen molar-refractivity contribution in [2.75, 3.05) is 26.4 Å². The Morgan fingerprint density at radius 2 is 2.19 bits per heavy atom. The van der Waals surface area contributed by atoms with Crippen molar-refractivity contribution in [2.24, 2.45) is 5.92 Å². The van der Waals surface area contributed by atoms with Gasteiger partial charge in [0.2, 0.25) is 10.0 Å². The standard InChI is InChI=1S/C14H24N4O2S/c1-11-8-17-14(9-16-11)13(15-2)7-12-5-4-6-18(10-12)21(3,19)20/h8-9,12-13,15H,4-7,10H2,1-3H3. The van der Waals surface area contributed by atoms with Gasteiger partial charge < -0.3 is 5.32 Å². The lowest BCUT2D eigenvalue weighted by atomic mass is 9.91. The first-order valence-electron chi connectivity index (χ1n) is 7.31. The summed E-state index contributed by atoms with van der Waals surface area (Å²) in [6.07, 6.45) is 7.71. The third kappa shape index (κ3) is 4.46. The van der Waals surface area contributed by atoms with Crippen LogP contribution in [0.2, 0.25) is 0 Å². The van der Waals surface area contributed by atoms with Crippen molar-refractivity contribution in [3.8, 4) is 0 Å². The molecule has 0 bridgehead atoms. The van der Waals surface area contributed by atoms with Gasteiger partial charge in [0, 0.05) is 19.3 Å². The average Bonchev–Trinajstić information content (AvgIpc) is 2.45. The second-order valence-corrected chi connectivity index (χ2v) is 7.77. The van der Waals surface area contributed by atoms with Crippen molar-refractivity contribution < 1.29 is 8.42 Å². The summed E-state index contributed by atoms with van der Waals surface area (Å²) in [5, 5.41) is 3.27. The van der Waals surface area contributed by atoms with Crippen LogP contribution in [0.5, 0.6) is 0 Å². The lowest BCUT2D eigenvalue weighted by Gasteiger charge is -2.32. The maximum absolute atomic E-state index is 11.7. The van der Waals surface area contributed by atoms with Crippen LogP contribution in [0.3, 0.4) is 0 Å².